The third-order valence-corrected chi connectivity index (χ3v) is 3.67. The van der Waals surface area contributed by atoms with Gasteiger partial charge in [-0.1, -0.05) is 20.8 Å². The quantitative estimate of drug-likeness (QED) is 0.890. The number of methoxy groups -OCH3 is 1. The highest BCUT2D eigenvalue weighted by Crippen LogP contribution is 2.36. The molecule has 2 rings (SSSR count). The highest BCUT2D eigenvalue weighted by molar-refractivity contribution is 5.46. The number of rotatable bonds is 2. The van der Waals surface area contributed by atoms with Crippen molar-refractivity contribution in [2.45, 2.75) is 39.2 Å². The normalized spacial score (nSPS) is 20.4. The number of aryl methyl sites for hydroxylation is 1. The second-order valence-corrected chi connectivity index (χ2v) is 6.22. The molecular weight excluding hydrogens is 238 g/mol. The van der Waals surface area contributed by atoms with Gasteiger partial charge in [0.1, 0.15) is 5.75 Å². The summed E-state index contributed by atoms with van der Waals surface area (Å²) >= 11 is 0. The van der Waals surface area contributed by atoms with Crippen molar-refractivity contribution in [1.29, 1.82) is 0 Å². The maximum atomic E-state index is 5.88. The third kappa shape index (κ3) is 3.10. The van der Waals surface area contributed by atoms with Crippen LogP contribution in [-0.2, 0) is 10.2 Å². The molecule has 1 aromatic rings. The van der Waals surface area contributed by atoms with Crippen LogP contribution in [0.1, 0.15) is 43.6 Å². The summed E-state index contributed by atoms with van der Waals surface area (Å²) in [6.45, 7) is 11.4. The van der Waals surface area contributed by atoms with Crippen molar-refractivity contribution >= 4 is 0 Å². The SMILES string of the molecule is COc1cc(C)c(C2CNCCO2)cc1C(C)(C)C. The molecule has 1 atom stereocenters. The molecule has 0 radical (unpaired) electrons. The van der Waals surface area contributed by atoms with E-state index in [0.717, 1.165) is 25.4 Å². The first kappa shape index (κ1) is 14.4. The van der Waals surface area contributed by atoms with E-state index in [1.807, 2.05) is 0 Å². The first-order chi connectivity index (χ1) is 8.93. The topological polar surface area (TPSA) is 30.5 Å². The van der Waals surface area contributed by atoms with Gasteiger partial charge in [0.2, 0.25) is 0 Å². The van der Waals surface area contributed by atoms with Crippen LogP contribution in [0.25, 0.3) is 0 Å². The summed E-state index contributed by atoms with van der Waals surface area (Å²) in [5.41, 5.74) is 3.82. The van der Waals surface area contributed by atoms with Gasteiger partial charge in [0, 0.05) is 13.1 Å². The summed E-state index contributed by atoms with van der Waals surface area (Å²) in [4.78, 5) is 0. The Labute approximate surface area is 116 Å². The number of ether oxygens (including phenoxy) is 2. The highest BCUT2D eigenvalue weighted by atomic mass is 16.5. The van der Waals surface area contributed by atoms with Gasteiger partial charge >= 0.3 is 0 Å². The summed E-state index contributed by atoms with van der Waals surface area (Å²) in [5, 5.41) is 3.39. The minimum atomic E-state index is 0.0654. The molecule has 0 spiro atoms. The predicted octanol–water partition coefficient (Wildman–Crippen LogP) is 2.96. The van der Waals surface area contributed by atoms with Crippen LogP contribution >= 0.6 is 0 Å². The molecule has 0 bridgehead atoms. The summed E-state index contributed by atoms with van der Waals surface area (Å²) in [5.74, 6) is 0.970. The van der Waals surface area contributed by atoms with Crippen LogP contribution in [0.3, 0.4) is 0 Å². The van der Waals surface area contributed by atoms with Gasteiger partial charge in [0.05, 0.1) is 19.8 Å². The van der Waals surface area contributed by atoms with Crippen LogP contribution < -0.4 is 10.1 Å². The molecule has 3 heteroatoms. The Bertz CT molecular complexity index is 443. The van der Waals surface area contributed by atoms with E-state index in [0.29, 0.717) is 0 Å². The van der Waals surface area contributed by atoms with Crippen LogP contribution in [0, 0.1) is 6.92 Å². The average Bonchev–Trinajstić information content (AvgIpc) is 2.38. The molecule has 1 fully saturated rings. The van der Waals surface area contributed by atoms with E-state index in [1.165, 1.54) is 16.7 Å². The Morgan fingerprint density at radius 3 is 2.58 bits per heavy atom. The van der Waals surface area contributed by atoms with E-state index in [1.54, 1.807) is 7.11 Å². The van der Waals surface area contributed by atoms with Crippen molar-refractivity contribution in [2.75, 3.05) is 26.8 Å². The monoisotopic (exact) mass is 263 g/mol. The standard InChI is InChI=1S/C16H25NO2/c1-11-8-14(18-5)13(16(2,3)4)9-12(11)15-10-17-6-7-19-15/h8-9,15,17H,6-7,10H2,1-5H3. The van der Waals surface area contributed by atoms with Crippen molar-refractivity contribution in [3.05, 3.63) is 28.8 Å². The largest absolute Gasteiger partial charge is 0.496 e. The molecule has 1 aliphatic rings. The molecule has 0 aliphatic carbocycles. The highest BCUT2D eigenvalue weighted by Gasteiger charge is 2.24. The zero-order valence-corrected chi connectivity index (χ0v) is 12.7. The summed E-state index contributed by atoms with van der Waals surface area (Å²) < 4.78 is 11.4. The lowest BCUT2D eigenvalue weighted by Crippen LogP contribution is -2.33. The zero-order valence-electron chi connectivity index (χ0n) is 12.7. The first-order valence-corrected chi connectivity index (χ1v) is 6.95. The number of hydrogen-bond acceptors (Lipinski definition) is 3. The minimum absolute atomic E-state index is 0.0654. The van der Waals surface area contributed by atoms with Crippen molar-refractivity contribution in [1.82, 2.24) is 5.32 Å². The molecule has 3 nitrogen and oxygen atoms in total. The summed E-state index contributed by atoms with van der Waals surface area (Å²) in [7, 11) is 1.74. The number of morpholine rings is 1. The van der Waals surface area contributed by atoms with E-state index in [4.69, 9.17) is 9.47 Å². The van der Waals surface area contributed by atoms with Gasteiger partial charge < -0.3 is 14.8 Å². The molecule has 0 aromatic heterocycles. The molecule has 1 N–H and O–H groups in total. The smallest absolute Gasteiger partial charge is 0.122 e. The second kappa shape index (κ2) is 5.51. The van der Waals surface area contributed by atoms with Gasteiger partial charge in [-0.05, 0) is 41.2 Å². The van der Waals surface area contributed by atoms with Crippen LogP contribution in [0.4, 0.5) is 0 Å². The molecule has 0 amide bonds. The second-order valence-electron chi connectivity index (χ2n) is 6.22. The van der Waals surface area contributed by atoms with Crippen LogP contribution in [0.5, 0.6) is 5.75 Å². The van der Waals surface area contributed by atoms with E-state index >= 15 is 0 Å². The van der Waals surface area contributed by atoms with Crippen molar-refractivity contribution in [2.24, 2.45) is 0 Å². The van der Waals surface area contributed by atoms with Gasteiger partial charge in [-0.15, -0.1) is 0 Å². The molecule has 19 heavy (non-hydrogen) atoms. The molecular formula is C16H25NO2. The fourth-order valence-corrected chi connectivity index (χ4v) is 2.57. The van der Waals surface area contributed by atoms with E-state index in [2.05, 4.69) is 45.1 Å². The Kier molecular flexibility index (Phi) is 4.16. The molecule has 1 aromatic carbocycles. The number of nitrogens with one attached hydrogen (secondary N) is 1. The Morgan fingerprint density at radius 2 is 2.05 bits per heavy atom. The van der Waals surface area contributed by atoms with Crippen molar-refractivity contribution in [3.63, 3.8) is 0 Å². The zero-order chi connectivity index (χ0) is 14.0. The van der Waals surface area contributed by atoms with Gasteiger partial charge in [0.25, 0.3) is 0 Å². The van der Waals surface area contributed by atoms with Crippen LogP contribution in [0.2, 0.25) is 0 Å². The number of benzene rings is 1. The molecule has 1 heterocycles. The number of hydrogen-bond donors (Lipinski definition) is 1. The lowest BCUT2D eigenvalue weighted by molar-refractivity contribution is 0.0272. The fraction of sp³-hybridized carbons (Fsp3) is 0.625. The Hall–Kier alpha value is -1.06. The maximum absolute atomic E-state index is 5.88. The molecule has 1 saturated heterocycles. The molecule has 0 saturated carbocycles. The van der Waals surface area contributed by atoms with E-state index in [9.17, 15) is 0 Å². The lowest BCUT2D eigenvalue weighted by Gasteiger charge is -2.29. The Morgan fingerprint density at radius 1 is 1.32 bits per heavy atom. The maximum Gasteiger partial charge on any atom is 0.122 e. The Balaban J connectivity index is 2.44. The minimum Gasteiger partial charge on any atom is -0.496 e. The lowest BCUT2D eigenvalue weighted by atomic mass is 9.83. The summed E-state index contributed by atoms with van der Waals surface area (Å²) in [6.07, 6.45) is 0.153. The van der Waals surface area contributed by atoms with Gasteiger partial charge in [-0.2, -0.15) is 0 Å². The van der Waals surface area contributed by atoms with Gasteiger partial charge in [-0.25, -0.2) is 0 Å². The molecule has 1 unspecified atom stereocenters. The van der Waals surface area contributed by atoms with Crippen LogP contribution in [0.15, 0.2) is 12.1 Å². The van der Waals surface area contributed by atoms with Crippen molar-refractivity contribution < 1.29 is 9.47 Å². The van der Waals surface area contributed by atoms with Crippen molar-refractivity contribution in [3.8, 4) is 5.75 Å². The third-order valence-electron chi connectivity index (χ3n) is 3.67. The first-order valence-electron chi connectivity index (χ1n) is 6.95. The van der Waals surface area contributed by atoms with Crippen LogP contribution in [-0.4, -0.2) is 26.8 Å². The fourth-order valence-electron chi connectivity index (χ4n) is 2.57. The predicted molar refractivity (Wildman–Crippen MR) is 78.0 cm³/mol. The summed E-state index contributed by atoms with van der Waals surface area (Å²) in [6, 6.07) is 4.39. The van der Waals surface area contributed by atoms with Gasteiger partial charge in [0.15, 0.2) is 0 Å². The molecule has 106 valence electrons. The average molecular weight is 263 g/mol. The van der Waals surface area contributed by atoms with E-state index in [-0.39, 0.29) is 11.5 Å². The molecule has 1 aliphatic heterocycles. The van der Waals surface area contributed by atoms with Gasteiger partial charge in [-0.3, -0.25) is 0 Å². The van der Waals surface area contributed by atoms with E-state index < -0.39 is 0 Å².